The zero-order chi connectivity index (χ0) is 23.5. The van der Waals surface area contributed by atoms with Crippen molar-refractivity contribution in [1.82, 2.24) is 19.7 Å². The average Bonchev–Trinajstić information content (AvgIpc) is 3.15. The molecular formula is C24H37N5O3. The first-order valence-electron chi connectivity index (χ1n) is 11.8. The summed E-state index contributed by atoms with van der Waals surface area (Å²) >= 11 is 0. The maximum Gasteiger partial charge on any atom is 0.410 e. The Labute approximate surface area is 190 Å². The number of anilines is 1. The van der Waals surface area contributed by atoms with Crippen molar-refractivity contribution in [2.45, 2.75) is 91.8 Å². The predicted molar refractivity (Wildman–Crippen MR) is 126 cm³/mol. The highest BCUT2D eigenvalue weighted by Crippen LogP contribution is 2.32. The third-order valence-corrected chi connectivity index (χ3v) is 5.75. The van der Waals surface area contributed by atoms with E-state index in [0.29, 0.717) is 31.5 Å². The Bertz CT molecular complexity index is 968. The molecule has 0 atom stereocenters. The number of carbonyl (C=O) groups is 2. The number of rotatable bonds is 7. The minimum absolute atomic E-state index is 0.122. The van der Waals surface area contributed by atoms with Gasteiger partial charge in [0.2, 0.25) is 0 Å². The number of piperidine rings is 1. The molecule has 0 aliphatic carbocycles. The maximum absolute atomic E-state index is 13.1. The van der Waals surface area contributed by atoms with Crippen molar-refractivity contribution >= 4 is 28.6 Å². The monoisotopic (exact) mass is 443 g/mol. The van der Waals surface area contributed by atoms with Crippen molar-refractivity contribution in [2.75, 3.05) is 18.4 Å². The lowest BCUT2D eigenvalue weighted by Crippen LogP contribution is -2.44. The van der Waals surface area contributed by atoms with E-state index in [1.807, 2.05) is 52.4 Å². The summed E-state index contributed by atoms with van der Waals surface area (Å²) in [5.41, 5.74) is 2.68. The minimum Gasteiger partial charge on any atom is -0.444 e. The van der Waals surface area contributed by atoms with E-state index in [9.17, 15) is 9.59 Å². The number of hydrogen-bond donors (Lipinski definition) is 1. The van der Waals surface area contributed by atoms with Crippen molar-refractivity contribution in [3.05, 3.63) is 17.5 Å². The fourth-order valence-electron chi connectivity index (χ4n) is 4.16. The summed E-state index contributed by atoms with van der Waals surface area (Å²) in [7, 11) is 0. The van der Waals surface area contributed by atoms with Gasteiger partial charge in [-0.2, -0.15) is 5.10 Å². The molecule has 3 heterocycles. The Hall–Kier alpha value is -2.64. The molecule has 176 valence electrons. The third-order valence-electron chi connectivity index (χ3n) is 5.75. The highest BCUT2D eigenvalue weighted by atomic mass is 16.6. The van der Waals surface area contributed by atoms with Crippen LogP contribution in [0.4, 0.5) is 10.5 Å². The lowest BCUT2D eigenvalue weighted by Gasteiger charge is -2.34. The second-order valence-electron chi connectivity index (χ2n) is 9.42. The summed E-state index contributed by atoms with van der Waals surface area (Å²) in [6, 6.07) is 0.155. The number of nitrogens with one attached hydrogen (secondary N) is 1. The van der Waals surface area contributed by atoms with Crippen LogP contribution in [0.2, 0.25) is 0 Å². The van der Waals surface area contributed by atoms with Gasteiger partial charge < -0.3 is 15.0 Å². The van der Waals surface area contributed by atoms with Gasteiger partial charge in [-0.1, -0.05) is 13.8 Å². The standard InChI is InChI=1S/C24H37N5O3/c1-7-10-19(30)20-18(8-2)27-22-17(15-25-29(22)9-3)21(20)26-16-11-13-28(14-12-16)23(31)32-24(4,5)6/h15-16H,7-14H2,1-6H3,(H,26,27). The molecule has 0 saturated carbocycles. The second-order valence-corrected chi connectivity index (χ2v) is 9.42. The van der Waals surface area contributed by atoms with E-state index in [-0.39, 0.29) is 17.9 Å². The number of Topliss-reactive ketones (excluding diaryl/α,β-unsaturated/α-hetero) is 1. The smallest absolute Gasteiger partial charge is 0.410 e. The van der Waals surface area contributed by atoms with Crippen LogP contribution in [0.25, 0.3) is 11.0 Å². The number of ether oxygens (including phenoxy) is 1. The molecule has 2 aromatic rings. The van der Waals surface area contributed by atoms with Gasteiger partial charge in [-0.15, -0.1) is 0 Å². The van der Waals surface area contributed by atoms with Crippen molar-refractivity contribution in [3.63, 3.8) is 0 Å². The van der Waals surface area contributed by atoms with Crippen molar-refractivity contribution in [3.8, 4) is 0 Å². The zero-order valence-corrected chi connectivity index (χ0v) is 20.3. The summed E-state index contributed by atoms with van der Waals surface area (Å²) in [4.78, 5) is 32.1. The fourth-order valence-corrected chi connectivity index (χ4v) is 4.16. The van der Waals surface area contributed by atoms with Crippen LogP contribution in [0.15, 0.2) is 6.20 Å². The predicted octanol–water partition coefficient (Wildman–Crippen LogP) is 4.81. The van der Waals surface area contributed by atoms with Crippen LogP contribution in [-0.2, 0) is 17.7 Å². The molecule has 1 amide bonds. The van der Waals surface area contributed by atoms with Gasteiger partial charge in [-0.3, -0.25) is 4.79 Å². The van der Waals surface area contributed by atoms with E-state index in [4.69, 9.17) is 9.72 Å². The van der Waals surface area contributed by atoms with E-state index in [1.54, 1.807) is 4.90 Å². The lowest BCUT2D eigenvalue weighted by atomic mass is 9.98. The molecule has 1 saturated heterocycles. The quantitative estimate of drug-likeness (QED) is 0.618. The van der Waals surface area contributed by atoms with Gasteiger partial charge in [0.1, 0.15) is 5.60 Å². The Morgan fingerprint density at radius 1 is 1.19 bits per heavy atom. The molecule has 0 radical (unpaired) electrons. The highest BCUT2D eigenvalue weighted by molar-refractivity contribution is 6.08. The van der Waals surface area contributed by atoms with Crippen LogP contribution in [-0.4, -0.2) is 56.3 Å². The van der Waals surface area contributed by atoms with E-state index in [0.717, 1.165) is 48.2 Å². The number of aromatic nitrogens is 3. The summed E-state index contributed by atoms with van der Waals surface area (Å²) < 4.78 is 7.39. The lowest BCUT2D eigenvalue weighted by molar-refractivity contribution is 0.0210. The van der Waals surface area contributed by atoms with Gasteiger partial charge in [0.05, 0.1) is 28.5 Å². The fraction of sp³-hybridized carbons (Fsp3) is 0.667. The van der Waals surface area contributed by atoms with E-state index < -0.39 is 5.60 Å². The van der Waals surface area contributed by atoms with Crippen LogP contribution in [0.5, 0.6) is 0 Å². The van der Waals surface area contributed by atoms with Crippen molar-refractivity contribution < 1.29 is 14.3 Å². The molecule has 3 rings (SSSR count). The average molecular weight is 444 g/mol. The Morgan fingerprint density at radius 2 is 1.88 bits per heavy atom. The number of ketones is 1. The number of likely N-dealkylation sites (tertiary alicyclic amines) is 1. The molecular weight excluding hydrogens is 406 g/mol. The first-order chi connectivity index (χ1) is 15.2. The van der Waals surface area contributed by atoms with Crippen LogP contribution in [0, 0.1) is 0 Å². The number of hydrogen-bond acceptors (Lipinski definition) is 6. The number of nitrogens with zero attached hydrogens (tertiary/aromatic N) is 4. The summed E-state index contributed by atoms with van der Waals surface area (Å²) in [6.07, 6.45) is 5.09. The van der Waals surface area contributed by atoms with Crippen molar-refractivity contribution in [1.29, 1.82) is 0 Å². The molecule has 8 nitrogen and oxygen atoms in total. The number of amides is 1. The Kier molecular flexibility index (Phi) is 7.41. The number of carbonyl (C=O) groups excluding carboxylic acids is 2. The van der Waals surface area contributed by atoms with E-state index >= 15 is 0 Å². The minimum atomic E-state index is -0.501. The van der Waals surface area contributed by atoms with Gasteiger partial charge in [0.25, 0.3) is 0 Å². The molecule has 2 aromatic heterocycles. The second kappa shape index (κ2) is 9.88. The molecule has 0 aromatic carbocycles. The van der Waals surface area contributed by atoms with E-state index in [2.05, 4.69) is 10.4 Å². The largest absolute Gasteiger partial charge is 0.444 e. The molecule has 1 N–H and O–H groups in total. The van der Waals surface area contributed by atoms with E-state index in [1.165, 1.54) is 0 Å². The maximum atomic E-state index is 13.1. The highest BCUT2D eigenvalue weighted by Gasteiger charge is 2.29. The first-order valence-corrected chi connectivity index (χ1v) is 11.8. The SMILES string of the molecule is CCCC(=O)c1c(CC)nc2c(cnn2CC)c1NC1CCN(C(=O)OC(C)(C)C)CC1. The molecule has 8 heteroatoms. The van der Waals surface area contributed by atoms with Gasteiger partial charge in [0.15, 0.2) is 11.4 Å². The molecule has 1 fully saturated rings. The summed E-state index contributed by atoms with van der Waals surface area (Å²) in [5, 5.41) is 9.04. The summed E-state index contributed by atoms with van der Waals surface area (Å²) in [5.74, 6) is 0.122. The van der Waals surface area contributed by atoms with Crippen LogP contribution < -0.4 is 5.32 Å². The van der Waals surface area contributed by atoms with Gasteiger partial charge in [-0.05, 0) is 53.4 Å². The zero-order valence-electron chi connectivity index (χ0n) is 20.3. The molecule has 1 aliphatic rings. The molecule has 32 heavy (non-hydrogen) atoms. The Balaban J connectivity index is 1.88. The van der Waals surface area contributed by atoms with Crippen LogP contribution in [0.1, 0.15) is 83.3 Å². The topological polar surface area (TPSA) is 89.4 Å². The number of fused-ring (bicyclic) bond motifs is 1. The van der Waals surface area contributed by atoms with Crippen LogP contribution in [0.3, 0.4) is 0 Å². The number of aryl methyl sites for hydroxylation is 2. The molecule has 0 unspecified atom stereocenters. The van der Waals surface area contributed by atoms with Gasteiger partial charge in [-0.25, -0.2) is 14.5 Å². The third kappa shape index (κ3) is 5.22. The van der Waals surface area contributed by atoms with Gasteiger partial charge >= 0.3 is 6.09 Å². The molecule has 0 bridgehead atoms. The molecule has 0 spiro atoms. The summed E-state index contributed by atoms with van der Waals surface area (Å²) in [6.45, 7) is 13.7. The molecule has 1 aliphatic heterocycles. The van der Waals surface area contributed by atoms with Crippen LogP contribution >= 0.6 is 0 Å². The van der Waals surface area contributed by atoms with Crippen molar-refractivity contribution in [2.24, 2.45) is 0 Å². The first kappa shape index (κ1) is 24.0. The number of pyridine rings is 1. The van der Waals surface area contributed by atoms with Gasteiger partial charge in [0, 0.05) is 32.1 Å². The Morgan fingerprint density at radius 3 is 2.44 bits per heavy atom. The normalized spacial score (nSPS) is 15.2.